The predicted molar refractivity (Wildman–Crippen MR) is 208 cm³/mol. The summed E-state index contributed by atoms with van der Waals surface area (Å²) in [5.74, 6) is 0. The second kappa shape index (κ2) is 11.5. The Morgan fingerprint density at radius 3 is 1.51 bits per heavy atom. The van der Waals surface area contributed by atoms with Crippen molar-refractivity contribution in [3.8, 4) is 11.1 Å². The zero-order chi connectivity index (χ0) is 33.0. The van der Waals surface area contributed by atoms with Crippen LogP contribution in [0, 0.1) is 0 Å². The van der Waals surface area contributed by atoms with Crippen LogP contribution in [0.15, 0.2) is 182 Å². The Morgan fingerprint density at radius 1 is 0.347 bits per heavy atom. The molecule has 0 amide bonds. The molecule has 1 aliphatic rings. The molecule has 0 radical (unpaired) electrons. The Hall–Kier alpha value is -6.12. The summed E-state index contributed by atoms with van der Waals surface area (Å²) >= 11 is 0. The third-order valence-electron chi connectivity index (χ3n) is 10.2. The highest BCUT2D eigenvalue weighted by atomic mass is 15.2. The Kier molecular flexibility index (Phi) is 6.84. The summed E-state index contributed by atoms with van der Waals surface area (Å²) in [4.78, 5) is 4.75. The number of fused-ring (bicyclic) bond motifs is 6. The van der Waals surface area contributed by atoms with E-state index in [4.69, 9.17) is 0 Å². The van der Waals surface area contributed by atoms with Crippen molar-refractivity contribution in [3.63, 3.8) is 0 Å². The maximum Gasteiger partial charge on any atom is 0.0546 e. The molecular weight excluding hydrogens is 593 g/mol. The zero-order valence-electron chi connectivity index (χ0n) is 27.7. The third kappa shape index (κ3) is 4.79. The van der Waals surface area contributed by atoms with Gasteiger partial charge in [-0.25, -0.2) is 0 Å². The highest BCUT2D eigenvalue weighted by Gasteiger charge is 2.35. The molecule has 0 spiro atoms. The second-order valence-corrected chi connectivity index (χ2v) is 13.4. The lowest BCUT2D eigenvalue weighted by Gasteiger charge is -2.30. The van der Waals surface area contributed by atoms with Crippen LogP contribution in [0.2, 0.25) is 0 Å². The molecule has 234 valence electrons. The lowest BCUT2D eigenvalue weighted by Crippen LogP contribution is -2.15. The molecule has 2 nitrogen and oxygen atoms in total. The van der Waals surface area contributed by atoms with Crippen molar-refractivity contribution in [2.24, 2.45) is 0 Å². The number of nitrogens with zero attached hydrogens (tertiary/aromatic N) is 2. The standard InChI is InChI=1S/C47H36N2/c1-47(2)44-28-15-14-26-40(44)43-29-33-30-46(41-27-13-12-25-39(41)42(33)32-45(43)47)49(36-21-10-5-11-22-36)38-24-16-23-37(31-38)48(34-17-6-3-7-18-34)35-19-8-4-9-20-35/h3-32H,1-2H3. The number of hydrogen-bond donors (Lipinski definition) is 0. The Morgan fingerprint density at radius 2 is 0.857 bits per heavy atom. The van der Waals surface area contributed by atoms with Crippen molar-refractivity contribution in [3.05, 3.63) is 193 Å². The topological polar surface area (TPSA) is 6.48 Å². The molecule has 0 N–H and O–H groups in total. The van der Waals surface area contributed by atoms with E-state index in [2.05, 4.69) is 206 Å². The molecule has 0 heterocycles. The van der Waals surface area contributed by atoms with Gasteiger partial charge in [-0.3, -0.25) is 0 Å². The normalized spacial score (nSPS) is 12.9. The van der Waals surface area contributed by atoms with E-state index in [9.17, 15) is 0 Å². The first-order valence-electron chi connectivity index (χ1n) is 17.0. The minimum atomic E-state index is -0.0558. The summed E-state index contributed by atoms with van der Waals surface area (Å²) in [7, 11) is 0. The quantitative estimate of drug-likeness (QED) is 0.169. The van der Waals surface area contributed by atoms with E-state index in [1.54, 1.807) is 0 Å². The van der Waals surface area contributed by atoms with E-state index in [1.165, 1.54) is 43.8 Å². The Labute approximate surface area is 288 Å². The minimum Gasteiger partial charge on any atom is -0.310 e. The Bertz CT molecular complexity index is 2430. The molecule has 49 heavy (non-hydrogen) atoms. The van der Waals surface area contributed by atoms with Crippen molar-refractivity contribution in [1.82, 2.24) is 0 Å². The molecule has 0 atom stereocenters. The van der Waals surface area contributed by atoms with E-state index >= 15 is 0 Å². The molecule has 0 saturated heterocycles. The fraction of sp³-hybridized carbons (Fsp3) is 0.0638. The first-order chi connectivity index (χ1) is 24.1. The monoisotopic (exact) mass is 628 g/mol. The van der Waals surface area contributed by atoms with Crippen molar-refractivity contribution in [1.29, 1.82) is 0 Å². The van der Waals surface area contributed by atoms with E-state index < -0.39 is 0 Å². The number of rotatable bonds is 6. The number of benzene rings is 8. The molecule has 0 unspecified atom stereocenters. The number of anilines is 6. The highest BCUT2D eigenvalue weighted by Crippen LogP contribution is 2.51. The lowest BCUT2D eigenvalue weighted by molar-refractivity contribution is 0.661. The van der Waals surface area contributed by atoms with E-state index in [0.29, 0.717) is 0 Å². The largest absolute Gasteiger partial charge is 0.310 e. The lowest BCUT2D eigenvalue weighted by atomic mass is 9.81. The van der Waals surface area contributed by atoms with Crippen LogP contribution in [0.25, 0.3) is 32.7 Å². The fourth-order valence-electron chi connectivity index (χ4n) is 7.85. The van der Waals surface area contributed by atoms with Gasteiger partial charge in [0, 0.05) is 39.2 Å². The Balaban J connectivity index is 1.29. The smallest absolute Gasteiger partial charge is 0.0546 e. The van der Waals surface area contributed by atoms with Gasteiger partial charge in [-0.2, -0.15) is 0 Å². The van der Waals surface area contributed by atoms with Gasteiger partial charge in [0.1, 0.15) is 0 Å². The molecule has 0 aliphatic heterocycles. The molecule has 8 aromatic rings. The predicted octanol–water partition coefficient (Wildman–Crippen LogP) is 13.2. The summed E-state index contributed by atoms with van der Waals surface area (Å²) < 4.78 is 0. The highest BCUT2D eigenvalue weighted by molar-refractivity contribution is 6.16. The minimum absolute atomic E-state index is 0.0558. The van der Waals surface area contributed by atoms with E-state index in [0.717, 1.165) is 34.1 Å². The molecule has 0 saturated carbocycles. The van der Waals surface area contributed by atoms with Gasteiger partial charge in [-0.05, 0) is 111 Å². The van der Waals surface area contributed by atoms with Crippen molar-refractivity contribution >= 4 is 55.7 Å². The summed E-state index contributed by atoms with van der Waals surface area (Å²) in [6.45, 7) is 4.72. The van der Waals surface area contributed by atoms with Crippen LogP contribution in [0.1, 0.15) is 25.0 Å². The number of para-hydroxylation sites is 3. The van der Waals surface area contributed by atoms with Crippen LogP contribution >= 0.6 is 0 Å². The molecule has 2 heteroatoms. The van der Waals surface area contributed by atoms with Gasteiger partial charge in [0.15, 0.2) is 0 Å². The summed E-state index contributed by atoms with van der Waals surface area (Å²) in [5, 5.41) is 5.02. The molecule has 1 aliphatic carbocycles. The molecule has 8 aromatic carbocycles. The van der Waals surface area contributed by atoms with Crippen LogP contribution in [-0.4, -0.2) is 0 Å². The van der Waals surface area contributed by atoms with Crippen LogP contribution in [0.3, 0.4) is 0 Å². The number of hydrogen-bond acceptors (Lipinski definition) is 2. The van der Waals surface area contributed by atoms with E-state index in [1.807, 2.05) is 0 Å². The first kappa shape index (κ1) is 29.1. The SMILES string of the molecule is CC1(C)c2ccccc2-c2cc3cc(N(c4ccccc4)c4cccc(N(c5ccccc5)c5ccccc5)c4)c4ccccc4c3cc21. The third-order valence-corrected chi connectivity index (χ3v) is 10.2. The van der Waals surface area contributed by atoms with Crippen molar-refractivity contribution < 1.29 is 0 Å². The molecule has 0 aromatic heterocycles. The molecule has 0 fully saturated rings. The van der Waals surface area contributed by atoms with Crippen LogP contribution in [0.5, 0.6) is 0 Å². The summed E-state index contributed by atoms with van der Waals surface area (Å²) in [6.07, 6.45) is 0. The van der Waals surface area contributed by atoms with Crippen LogP contribution in [0.4, 0.5) is 34.1 Å². The van der Waals surface area contributed by atoms with Gasteiger partial charge in [0.2, 0.25) is 0 Å². The fourth-order valence-corrected chi connectivity index (χ4v) is 7.85. The molecule has 0 bridgehead atoms. The summed E-state index contributed by atoms with van der Waals surface area (Å²) in [6, 6.07) is 66.0. The maximum atomic E-state index is 2.46. The second-order valence-electron chi connectivity index (χ2n) is 13.4. The average Bonchev–Trinajstić information content (AvgIpc) is 3.38. The van der Waals surface area contributed by atoms with Gasteiger partial charge >= 0.3 is 0 Å². The molecular formula is C47H36N2. The summed E-state index contributed by atoms with van der Waals surface area (Å²) in [5.41, 5.74) is 12.1. The van der Waals surface area contributed by atoms with Gasteiger partial charge in [-0.1, -0.05) is 123 Å². The van der Waals surface area contributed by atoms with Crippen molar-refractivity contribution in [2.45, 2.75) is 19.3 Å². The van der Waals surface area contributed by atoms with Gasteiger partial charge in [-0.15, -0.1) is 0 Å². The van der Waals surface area contributed by atoms with Crippen LogP contribution < -0.4 is 9.80 Å². The van der Waals surface area contributed by atoms with E-state index in [-0.39, 0.29) is 5.41 Å². The first-order valence-corrected chi connectivity index (χ1v) is 17.0. The van der Waals surface area contributed by atoms with Gasteiger partial charge in [0.25, 0.3) is 0 Å². The van der Waals surface area contributed by atoms with Gasteiger partial charge in [0.05, 0.1) is 5.69 Å². The maximum absolute atomic E-state index is 2.46. The van der Waals surface area contributed by atoms with Crippen molar-refractivity contribution in [2.75, 3.05) is 9.80 Å². The van der Waals surface area contributed by atoms with Crippen LogP contribution in [-0.2, 0) is 5.41 Å². The van der Waals surface area contributed by atoms with Gasteiger partial charge < -0.3 is 9.80 Å². The zero-order valence-corrected chi connectivity index (χ0v) is 27.7. The average molecular weight is 629 g/mol. The molecule has 9 rings (SSSR count).